The highest BCUT2D eigenvalue weighted by atomic mass is 32.1. The number of nitrogen functional groups attached to an aromatic ring is 1. The van der Waals surface area contributed by atoms with E-state index in [4.69, 9.17) is 10.8 Å². The first-order chi connectivity index (χ1) is 9.02. The number of carbonyl (C=O) groups excluding carboxylic acids is 1. The Morgan fingerprint density at radius 2 is 2.16 bits per heavy atom. The summed E-state index contributed by atoms with van der Waals surface area (Å²) in [5, 5.41) is 10.2. The largest absolute Gasteiger partial charge is 0.397 e. The number of aliphatic hydroxyl groups is 1. The molecule has 0 saturated carbocycles. The van der Waals surface area contributed by atoms with Gasteiger partial charge < -0.3 is 20.6 Å². The van der Waals surface area contributed by atoms with Crippen molar-refractivity contribution in [2.24, 2.45) is 5.92 Å². The molecule has 2 heterocycles. The van der Waals surface area contributed by atoms with Crippen molar-refractivity contribution in [1.29, 1.82) is 0 Å². The Morgan fingerprint density at radius 1 is 1.53 bits per heavy atom. The van der Waals surface area contributed by atoms with Gasteiger partial charge in [-0.3, -0.25) is 4.79 Å². The van der Waals surface area contributed by atoms with Crippen molar-refractivity contribution in [2.45, 2.75) is 12.8 Å². The minimum Gasteiger partial charge on any atom is -0.397 e. The molecule has 0 radical (unpaired) electrons. The molecule has 0 bridgehead atoms. The van der Waals surface area contributed by atoms with Crippen molar-refractivity contribution in [3.8, 4) is 0 Å². The fraction of sp³-hybridized carbons (Fsp3) is 0.615. The number of piperidine rings is 1. The van der Waals surface area contributed by atoms with E-state index in [1.165, 1.54) is 11.3 Å². The molecule has 0 spiro atoms. The Hall–Kier alpha value is -1.27. The molecular formula is C13H21N3O2S. The molecule has 1 aliphatic heterocycles. The highest BCUT2D eigenvalue weighted by molar-refractivity contribution is 7.18. The first-order valence-corrected chi connectivity index (χ1v) is 7.31. The zero-order valence-electron chi connectivity index (χ0n) is 11.4. The summed E-state index contributed by atoms with van der Waals surface area (Å²) in [6.45, 7) is 2.10. The van der Waals surface area contributed by atoms with Crippen LogP contribution in [0.2, 0.25) is 0 Å². The van der Waals surface area contributed by atoms with E-state index in [0.29, 0.717) is 16.5 Å². The number of aliphatic hydroxyl groups excluding tert-OH is 1. The predicted octanol–water partition coefficient (Wildman–Crippen LogP) is 1.24. The van der Waals surface area contributed by atoms with Gasteiger partial charge in [0.1, 0.15) is 4.88 Å². The van der Waals surface area contributed by atoms with Crippen LogP contribution in [0.25, 0.3) is 0 Å². The normalized spacial score (nSPS) is 16.7. The lowest BCUT2D eigenvalue weighted by atomic mass is 9.98. The molecule has 1 aliphatic rings. The third kappa shape index (κ3) is 3.01. The Kier molecular flexibility index (Phi) is 4.31. The van der Waals surface area contributed by atoms with Gasteiger partial charge in [-0.05, 0) is 24.8 Å². The number of carbonyl (C=O) groups is 1. The standard InChI is InChI=1S/C13H21N3O2S/c1-15(2)13(18)12-10(14)7-11(19-12)16-5-3-9(8-17)4-6-16/h7,9,17H,3-6,8,14H2,1-2H3. The molecule has 106 valence electrons. The topological polar surface area (TPSA) is 69.8 Å². The van der Waals surface area contributed by atoms with Crippen molar-refractivity contribution in [2.75, 3.05) is 44.4 Å². The van der Waals surface area contributed by atoms with Crippen LogP contribution < -0.4 is 10.6 Å². The first-order valence-electron chi connectivity index (χ1n) is 6.49. The van der Waals surface area contributed by atoms with E-state index in [1.807, 2.05) is 6.07 Å². The molecule has 1 saturated heterocycles. The molecule has 19 heavy (non-hydrogen) atoms. The Morgan fingerprint density at radius 3 is 2.68 bits per heavy atom. The van der Waals surface area contributed by atoms with E-state index in [2.05, 4.69) is 4.90 Å². The molecule has 0 aromatic carbocycles. The summed E-state index contributed by atoms with van der Waals surface area (Å²) in [7, 11) is 3.46. The lowest BCUT2D eigenvalue weighted by Crippen LogP contribution is -2.34. The molecule has 1 aromatic heterocycles. The van der Waals surface area contributed by atoms with Crippen LogP contribution in [0.4, 0.5) is 10.7 Å². The Bertz CT molecular complexity index is 451. The third-order valence-corrected chi connectivity index (χ3v) is 4.73. The van der Waals surface area contributed by atoms with Gasteiger partial charge in [0.25, 0.3) is 5.91 Å². The summed E-state index contributed by atoms with van der Waals surface area (Å²) < 4.78 is 0. The number of rotatable bonds is 3. The maximum atomic E-state index is 12.0. The maximum Gasteiger partial charge on any atom is 0.265 e. The van der Waals surface area contributed by atoms with Gasteiger partial charge in [0.15, 0.2) is 0 Å². The summed E-state index contributed by atoms with van der Waals surface area (Å²) in [4.78, 5) is 16.4. The average molecular weight is 283 g/mol. The minimum atomic E-state index is -0.0426. The highest BCUT2D eigenvalue weighted by Gasteiger charge is 2.23. The number of anilines is 2. The molecule has 5 nitrogen and oxygen atoms in total. The van der Waals surface area contributed by atoms with Crippen LogP contribution in [-0.2, 0) is 0 Å². The Labute approximate surface area is 117 Å². The minimum absolute atomic E-state index is 0.0426. The van der Waals surface area contributed by atoms with E-state index in [9.17, 15) is 4.79 Å². The van der Waals surface area contributed by atoms with Crippen LogP contribution in [0, 0.1) is 5.92 Å². The zero-order valence-corrected chi connectivity index (χ0v) is 12.2. The molecular weight excluding hydrogens is 262 g/mol. The van der Waals surface area contributed by atoms with Crippen LogP contribution in [-0.4, -0.2) is 49.7 Å². The first kappa shape index (κ1) is 14.1. The quantitative estimate of drug-likeness (QED) is 0.875. The van der Waals surface area contributed by atoms with Gasteiger partial charge in [-0.1, -0.05) is 0 Å². The number of thiophene rings is 1. The smallest absolute Gasteiger partial charge is 0.265 e. The SMILES string of the molecule is CN(C)C(=O)c1sc(N2CCC(CO)CC2)cc1N. The number of nitrogens with zero attached hydrogens (tertiary/aromatic N) is 2. The van der Waals surface area contributed by atoms with Gasteiger partial charge in [0.2, 0.25) is 0 Å². The fourth-order valence-corrected chi connectivity index (χ4v) is 3.41. The summed E-state index contributed by atoms with van der Waals surface area (Å²) >= 11 is 1.46. The molecule has 1 amide bonds. The zero-order chi connectivity index (χ0) is 14.0. The number of amides is 1. The molecule has 3 N–H and O–H groups in total. The predicted molar refractivity (Wildman–Crippen MR) is 78.8 cm³/mol. The van der Waals surface area contributed by atoms with Crippen LogP contribution in [0.5, 0.6) is 0 Å². The summed E-state index contributed by atoms with van der Waals surface area (Å²) in [5.74, 6) is 0.371. The second-order valence-electron chi connectivity index (χ2n) is 5.18. The van der Waals surface area contributed by atoms with Crippen molar-refractivity contribution < 1.29 is 9.90 Å². The number of nitrogens with two attached hydrogens (primary N) is 1. The van der Waals surface area contributed by atoms with Gasteiger partial charge in [0.05, 0.1) is 10.7 Å². The van der Waals surface area contributed by atoms with Crippen molar-refractivity contribution in [3.63, 3.8) is 0 Å². The molecule has 0 aliphatic carbocycles. The van der Waals surface area contributed by atoms with E-state index in [1.54, 1.807) is 19.0 Å². The fourth-order valence-electron chi connectivity index (χ4n) is 2.25. The lowest BCUT2D eigenvalue weighted by Gasteiger charge is -2.31. The highest BCUT2D eigenvalue weighted by Crippen LogP contribution is 2.34. The van der Waals surface area contributed by atoms with Crippen LogP contribution in [0.1, 0.15) is 22.5 Å². The van der Waals surface area contributed by atoms with Gasteiger partial charge in [-0.15, -0.1) is 11.3 Å². The van der Waals surface area contributed by atoms with Gasteiger partial charge in [-0.25, -0.2) is 0 Å². The van der Waals surface area contributed by atoms with Crippen LogP contribution in [0.15, 0.2) is 6.07 Å². The second-order valence-corrected chi connectivity index (χ2v) is 6.21. The molecule has 0 unspecified atom stereocenters. The van der Waals surface area contributed by atoms with Gasteiger partial charge in [-0.2, -0.15) is 0 Å². The molecule has 1 aromatic rings. The number of hydrogen-bond acceptors (Lipinski definition) is 5. The summed E-state index contributed by atoms with van der Waals surface area (Å²) in [6.07, 6.45) is 1.98. The third-order valence-electron chi connectivity index (χ3n) is 3.53. The second kappa shape index (κ2) is 5.79. The van der Waals surface area contributed by atoms with E-state index in [-0.39, 0.29) is 12.5 Å². The average Bonchev–Trinajstić information content (AvgIpc) is 2.80. The van der Waals surface area contributed by atoms with E-state index >= 15 is 0 Å². The molecule has 1 fully saturated rings. The maximum absolute atomic E-state index is 12.0. The van der Waals surface area contributed by atoms with E-state index < -0.39 is 0 Å². The van der Waals surface area contributed by atoms with Gasteiger partial charge >= 0.3 is 0 Å². The lowest BCUT2D eigenvalue weighted by molar-refractivity contribution is 0.0833. The van der Waals surface area contributed by atoms with Crippen LogP contribution in [0.3, 0.4) is 0 Å². The molecule has 2 rings (SSSR count). The summed E-state index contributed by atoms with van der Waals surface area (Å²) in [5.41, 5.74) is 6.49. The number of hydrogen-bond donors (Lipinski definition) is 2. The van der Waals surface area contributed by atoms with Crippen LogP contribution >= 0.6 is 11.3 Å². The van der Waals surface area contributed by atoms with Crippen molar-refractivity contribution in [1.82, 2.24) is 4.90 Å². The monoisotopic (exact) mass is 283 g/mol. The summed E-state index contributed by atoms with van der Waals surface area (Å²) in [6, 6.07) is 1.89. The van der Waals surface area contributed by atoms with Crippen molar-refractivity contribution in [3.05, 3.63) is 10.9 Å². The van der Waals surface area contributed by atoms with Gasteiger partial charge in [0, 0.05) is 33.8 Å². The van der Waals surface area contributed by atoms with E-state index in [0.717, 1.165) is 30.9 Å². The molecule has 0 atom stereocenters. The molecule has 6 heteroatoms. The Balaban J connectivity index is 2.10. The van der Waals surface area contributed by atoms with Crippen molar-refractivity contribution >= 4 is 27.9 Å².